The fourth-order valence-electron chi connectivity index (χ4n) is 1.20. The number of pyridine rings is 1. The summed E-state index contributed by atoms with van der Waals surface area (Å²) in [6, 6.07) is 5.66. The van der Waals surface area contributed by atoms with Crippen molar-refractivity contribution in [2.45, 2.75) is 20.0 Å². The average Bonchev–Trinajstić information content (AvgIpc) is 2.36. The minimum Gasteiger partial charge on any atom is -0.480 e. The number of rotatable bonds is 6. The van der Waals surface area contributed by atoms with Crippen LogP contribution >= 0.6 is 0 Å². The molecule has 0 aliphatic carbocycles. The summed E-state index contributed by atoms with van der Waals surface area (Å²) < 4.78 is 10.6. The van der Waals surface area contributed by atoms with Gasteiger partial charge in [0.25, 0.3) is 0 Å². The van der Waals surface area contributed by atoms with Crippen molar-refractivity contribution < 1.29 is 9.47 Å². The highest BCUT2D eigenvalue weighted by atomic mass is 16.5. The first-order valence-electron chi connectivity index (χ1n) is 5.43. The third-order valence-electron chi connectivity index (χ3n) is 1.92. The number of aromatic nitrogens is 1. The van der Waals surface area contributed by atoms with Crippen LogP contribution in [0.15, 0.2) is 29.4 Å². The van der Waals surface area contributed by atoms with E-state index in [0.29, 0.717) is 32.1 Å². The molecule has 0 fully saturated rings. The summed E-state index contributed by atoms with van der Waals surface area (Å²) in [5, 5.41) is 8.43. The molecule has 0 saturated heterocycles. The molecule has 90 valence electrons. The summed E-state index contributed by atoms with van der Waals surface area (Å²) in [6.45, 7) is 3.26. The molecule has 1 heterocycles. The van der Waals surface area contributed by atoms with Gasteiger partial charge in [0, 0.05) is 12.6 Å². The maximum Gasteiger partial charge on any atom is 0.208 e. The molecule has 0 unspecified atom stereocenters. The lowest BCUT2D eigenvalue weighted by atomic mass is 10.4. The van der Waals surface area contributed by atoms with Gasteiger partial charge in [-0.15, -0.1) is 4.99 Å². The van der Waals surface area contributed by atoms with E-state index < -0.39 is 0 Å². The van der Waals surface area contributed by atoms with Crippen LogP contribution in [0.25, 0.3) is 0 Å². The predicted octanol–water partition coefficient (Wildman–Crippen LogP) is 1.90. The largest absolute Gasteiger partial charge is 0.480 e. The van der Waals surface area contributed by atoms with Crippen LogP contribution < -0.4 is 0 Å². The molecule has 0 radical (unpaired) electrons. The maximum absolute atomic E-state index is 8.43. The van der Waals surface area contributed by atoms with Gasteiger partial charge < -0.3 is 9.47 Å². The zero-order valence-electron chi connectivity index (χ0n) is 9.80. The number of hydrogen-bond donors (Lipinski definition) is 0. The summed E-state index contributed by atoms with van der Waals surface area (Å²) in [4.78, 5) is 7.69. The van der Waals surface area contributed by atoms with Crippen molar-refractivity contribution in [1.82, 2.24) is 4.98 Å². The summed E-state index contributed by atoms with van der Waals surface area (Å²) in [5.74, 6) is 0.413. The van der Waals surface area contributed by atoms with Crippen LogP contribution in [-0.4, -0.2) is 24.1 Å². The van der Waals surface area contributed by atoms with E-state index in [9.17, 15) is 0 Å². The average molecular weight is 233 g/mol. The van der Waals surface area contributed by atoms with Crippen molar-refractivity contribution >= 4 is 5.90 Å². The first-order chi connectivity index (χ1) is 8.36. The number of hydrogen-bond acceptors (Lipinski definition) is 5. The summed E-state index contributed by atoms with van der Waals surface area (Å²) in [6.07, 6.45) is 3.92. The Kier molecular flexibility index (Phi) is 6.37. The van der Waals surface area contributed by atoms with Gasteiger partial charge >= 0.3 is 0 Å². The molecule has 0 atom stereocenters. The molecule has 0 bridgehead atoms. The lowest BCUT2D eigenvalue weighted by Gasteiger charge is -2.06. The molecule has 0 aliphatic rings. The minimum atomic E-state index is 0.413. The molecule has 1 rings (SSSR count). The number of nitriles is 1. The molecule has 5 heteroatoms. The van der Waals surface area contributed by atoms with Gasteiger partial charge in [-0.25, -0.2) is 0 Å². The second-order valence-corrected chi connectivity index (χ2v) is 3.16. The van der Waals surface area contributed by atoms with Crippen LogP contribution in [0.2, 0.25) is 0 Å². The first-order valence-corrected chi connectivity index (χ1v) is 5.43. The van der Waals surface area contributed by atoms with Crippen LogP contribution in [0.1, 0.15) is 19.0 Å². The first kappa shape index (κ1) is 13.1. The van der Waals surface area contributed by atoms with Gasteiger partial charge in [0.1, 0.15) is 0 Å². The van der Waals surface area contributed by atoms with Crippen LogP contribution in [0.3, 0.4) is 0 Å². The van der Waals surface area contributed by atoms with Gasteiger partial charge in [-0.2, -0.15) is 5.26 Å². The van der Waals surface area contributed by atoms with Crippen LogP contribution in [0, 0.1) is 11.5 Å². The smallest absolute Gasteiger partial charge is 0.208 e. The molecule has 5 nitrogen and oxygen atoms in total. The van der Waals surface area contributed by atoms with E-state index >= 15 is 0 Å². The zero-order chi connectivity index (χ0) is 12.3. The molecule has 0 aromatic carbocycles. The number of ether oxygens (including phenoxy) is 2. The van der Waals surface area contributed by atoms with Crippen molar-refractivity contribution in [1.29, 1.82) is 5.26 Å². The SMILES string of the molecule is CCOC(CCOCc1ccccn1)=NC#N. The Labute approximate surface area is 101 Å². The Hall–Kier alpha value is -1.93. The number of nitrogens with zero attached hydrogens (tertiary/aromatic N) is 3. The maximum atomic E-state index is 8.43. The highest BCUT2D eigenvalue weighted by Gasteiger charge is 2.00. The van der Waals surface area contributed by atoms with Gasteiger partial charge in [-0.3, -0.25) is 4.98 Å². The summed E-state index contributed by atoms with van der Waals surface area (Å²) in [7, 11) is 0. The van der Waals surface area contributed by atoms with E-state index in [1.165, 1.54) is 0 Å². The quantitative estimate of drug-likeness (QED) is 0.326. The second kappa shape index (κ2) is 8.25. The van der Waals surface area contributed by atoms with Crippen LogP contribution in [0.4, 0.5) is 0 Å². The topological polar surface area (TPSA) is 67.5 Å². The van der Waals surface area contributed by atoms with E-state index in [1.54, 1.807) is 12.4 Å². The lowest BCUT2D eigenvalue weighted by Crippen LogP contribution is -2.09. The second-order valence-electron chi connectivity index (χ2n) is 3.16. The Morgan fingerprint density at radius 1 is 1.53 bits per heavy atom. The van der Waals surface area contributed by atoms with Gasteiger partial charge in [-0.1, -0.05) is 6.07 Å². The fraction of sp³-hybridized carbons (Fsp3) is 0.417. The Bertz CT molecular complexity index is 384. The Morgan fingerprint density at radius 3 is 3.06 bits per heavy atom. The number of aliphatic imine (C=N–C) groups is 1. The highest BCUT2D eigenvalue weighted by Crippen LogP contribution is 1.98. The fourth-order valence-corrected chi connectivity index (χ4v) is 1.20. The van der Waals surface area contributed by atoms with Crippen LogP contribution in [-0.2, 0) is 16.1 Å². The van der Waals surface area contributed by atoms with Crippen molar-refractivity contribution in [3.63, 3.8) is 0 Å². The standard InChI is InChI=1S/C12H15N3O2/c1-2-17-12(15-10-13)6-8-16-9-11-5-3-4-7-14-11/h3-5,7H,2,6,8-9H2,1H3. The van der Waals surface area contributed by atoms with Crippen molar-refractivity contribution in [2.75, 3.05) is 13.2 Å². The Morgan fingerprint density at radius 2 is 2.41 bits per heavy atom. The lowest BCUT2D eigenvalue weighted by molar-refractivity contribution is 0.120. The normalized spacial score (nSPS) is 10.9. The minimum absolute atomic E-state index is 0.413. The molecule has 0 spiro atoms. The van der Waals surface area contributed by atoms with E-state index in [1.807, 2.05) is 25.1 Å². The Balaban J connectivity index is 2.23. The van der Waals surface area contributed by atoms with Crippen molar-refractivity contribution in [2.24, 2.45) is 4.99 Å². The van der Waals surface area contributed by atoms with Gasteiger partial charge in [0.05, 0.1) is 25.5 Å². The van der Waals surface area contributed by atoms with E-state index in [-0.39, 0.29) is 0 Å². The molecule has 17 heavy (non-hydrogen) atoms. The molecule has 0 aliphatic heterocycles. The van der Waals surface area contributed by atoms with E-state index in [0.717, 1.165) is 5.69 Å². The van der Waals surface area contributed by atoms with E-state index in [2.05, 4.69) is 9.98 Å². The molecular weight excluding hydrogens is 218 g/mol. The van der Waals surface area contributed by atoms with Gasteiger partial charge in [0.2, 0.25) is 12.1 Å². The third kappa shape index (κ3) is 5.64. The molecular formula is C12H15N3O2. The predicted molar refractivity (Wildman–Crippen MR) is 63.2 cm³/mol. The van der Waals surface area contributed by atoms with Gasteiger partial charge in [0.15, 0.2) is 0 Å². The van der Waals surface area contributed by atoms with E-state index in [4.69, 9.17) is 14.7 Å². The summed E-state index contributed by atoms with van der Waals surface area (Å²) in [5.41, 5.74) is 0.877. The molecule has 1 aromatic rings. The molecule has 0 saturated carbocycles. The monoisotopic (exact) mass is 233 g/mol. The zero-order valence-corrected chi connectivity index (χ0v) is 9.80. The van der Waals surface area contributed by atoms with Gasteiger partial charge in [-0.05, 0) is 19.1 Å². The molecule has 1 aromatic heterocycles. The van der Waals surface area contributed by atoms with Crippen molar-refractivity contribution in [3.8, 4) is 6.19 Å². The van der Waals surface area contributed by atoms with Crippen molar-refractivity contribution in [3.05, 3.63) is 30.1 Å². The highest BCUT2D eigenvalue weighted by molar-refractivity contribution is 5.77. The molecule has 0 N–H and O–H groups in total. The molecule has 0 amide bonds. The summed E-state index contributed by atoms with van der Waals surface area (Å²) >= 11 is 0. The van der Waals surface area contributed by atoms with Crippen LogP contribution in [0.5, 0.6) is 0 Å². The third-order valence-corrected chi connectivity index (χ3v) is 1.92.